The van der Waals surface area contributed by atoms with Crippen LogP contribution in [0.1, 0.15) is 5.56 Å². The quantitative estimate of drug-likeness (QED) is 0.445. The molecule has 3 aromatic rings. The number of rotatable bonds is 4. The molecule has 0 N–H and O–H groups in total. The molecule has 0 saturated heterocycles. The van der Waals surface area contributed by atoms with Crippen molar-refractivity contribution in [3.05, 3.63) is 52.4 Å². The van der Waals surface area contributed by atoms with Crippen LogP contribution in [0.2, 0.25) is 0 Å². The van der Waals surface area contributed by atoms with Crippen molar-refractivity contribution in [1.29, 1.82) is 0 Å². The van der Waals surface area contributed by atoms with Gasteiger partial charge >= 0.3 is 6.18 Å². The molecule has 9 heteroatoms. The Morgan fingerprint density at radius 3 is 2.64 bits per heavy atom. The van der Waals surface area contributed by atoms with Gasteiger partial charge in [0.15, 0.2) is 18.4 Å². The second-order valence-corrected chi connectivity index (χ2v) is 6.03. The third-order valence-corrected chi connectivity index (χ3v) is 3.93. The lowest BCUT2D eigenvalue weighted by atomic mass is 10.1. The molecule has 0 amide bonds. The maximum absolute atomic E-state index is 14.1. The fraction of sp³-hybridized carbons (Fsp3) is 0.188. The largest absolute Gasteiger partial charge is 0.464 e. The van der Waals surface area contributed by atoms with Crippen molar-refractivity contribution in [2.45, 2.75) is 6.18 Å². The third kappa shape index (κ3) is 3.47. The van der Waals surface area contributed by atoms with E-state index in [1.54, 1.807) is 18.2 Å². The first-order chi connectivity index (χ1) is 11.8. The van der Waals surface area contributed by atoms with E-state index in [0.717, 1.165) is 10.5 Å². The number of halogens is 5. The number of hydrogen-bond acceptors (Lipinski definition) is 3. The number of aromatic nitrogens is 2. The maximum atomic E-state index is 14.1. The fourth-order valence-corrected chi connectivity index (χ4v) is 2.73. The lowest BCUT2D eigenvalue weighted by Gasteiger charge is -2.15. The second kappa shape index (κ2) is 6.64. The Kier molecular flexibility index (Phi) is 4.70. The predicted octanol–water partition coefficient (Wildman–Crippen LogP) is 4.93. The summed E-state index contributed by atoms with van der Waals surface area (Å²) in [4.78, 5) is 0. The van der Waals surface area contributed by atoms with Crippen LogP contribution in [-0.4, -0.2) is 23.7 Å². The van der Waals surface area contributed by atoms with Crippen molar-refractivity contribution >= 4 is 26.8 Å². The van der Waals surface area contributed by atoms with Crippen LogP contribution in [0.3, 0.4) is 0 Å². The molecule has 25 heavy (non-hydrogen) atoms. The Bertz CT molecular complexity index is 924. The number of hydrogen-bond donors (Lipinski definition) is 0. The first-order valence-corrected chi connectivity index (χ1v) is 7.76. The second-order valence-electron chi connectivity index (χ2n) is 5.11. The van der Waals surface area contributed by atoms with E-state index < -0.39 is 23.3 Å². The standard InChI is InChI=1S/C16H11BrF4N2O2/c1-24-8-25-14-6-11(5-12(15(14)18)16(19,20)21)23-13-3-2-10(17)4-9(13)7-22-23/h2-7H,8H2,1H3. The monoisotopic (exact) mass is 418 g/mol. The highest BCUT2D eigenvalue weighted by atomic mass is 79.9. The van der Waals surface area contributed by atoms with E-state index in [9.17, 15) is 17.6 Å². The van der Waals surface area contributed by atoms with Gasteiger partial charge in [0.2, 0.25) is 0 Å². The van der Waals surface area contributed by atoms with Gasteiger partial charge in [-0.05, 0) is 24.3 Å². The highest BCUT2D eigenvalue weighted by molar-refractivity contribution is 9.10. The Balaban J connectivity index is 2.20. The molecule has 0 aliphatic heterocycles. The summed E-state index contributed by atoms with van der Waals surface area (Å²) in [6, 6.07) is 7.05. The van der Waals surface area contributed by atoms with Crippen LogP contribution in [0.15, 0.2) is 41.0 Å². The Hall–Kier alpha value is -2.13. The van der Waals surface area contributed by atoms with Gasteiger partial charge in [0, 0.05) is 23.0 Å². The van der Waals surface area contributed by atoms with Gasteiger partial charge in [-0.1, -0.05) is 15.9 Å². The molecule has 4 nitrogen and oxygen atoms in total. The molecule has 0 aliphatic rings. The summed E-state index contributed by atoms with van der Waals surface area (Å²) in [5, 5.41) is 4.81. The number of fused-ring (bicyclic) bond motifs is 1. The molecule has 0 radical (unpaired) electrons. The van der Waals surface area contributed by atoms with Crippen molar-refractivity contribution in [3.63, 3.8) is 0 Å². The van der Waals surface area contributed by atoms with Gasteiger partial charge in [-0.15, -0.1) is 0 Å². The first-order valence-electron chi connectivity index (χ1n) is 6.97. The van der Waals surface area contributed by atoms with E-state index in [4.69, 9.17) is 4.74 Å². The van der Waals surface area contributed by atoms with Crippen LogP contribution in [0.4, 0.5) is 17.6 Å². The predicted molar refractivity (Wildman–Crippen MR) is 86.2 cm³/mol. The smallest absolute Gasteiger partial charge is 0.419 e. The van der Waals surface area contributed by atoms with Gasteiger partial charge in [0.05, 0.1) is 23.0 Å². The molecule has 1 heterocycles. The summed E-state index contributed by atoms with van der Waals surface area (Å²) in [7, 11) is 1.28. The van der Waals surface area contributed by atoms with Crippen LogP contribution in [0, 0.1) is 5.82 Å². The van der Waals surface area contributed by atoms with Gasteiger partial charge in [0.1, 0.15) is 0 Å². The van der Waals surface area contributed by atoms with Crippen molar-refractivity contribution in [3.8, 4) is 11.4 Å². The molecule has 3 rings (SSSR count). The van der Waals surface area contributed by atoms with Gasteiger partial charge in [-0.3, -0.25) is 0 Å². The van der Waals surface area contributed by atoms with Crippen molar-refractivity contribution in [2.24, 2.45) is 0 Å². The van der Waals surface area contributed by atoms with E-state index in [1.807, 2.05) is 0 Å². The minimum atomic E-state index is -4.88. The zero-order chi connectivity index (χ0) is 18.2. The van der Waals surface area contributed by atoms with Crippen molar-refractivity contribution in [1.82, 2.24) is 9.78 Å². The summed E-state index contributed by atoms with van der Waals surface area (Å²) in [6.45, 7) is -0.384. The number of ether oxygens (including phenoxy) is 2. The van der Waals surface area contributed by atoms with E-state index in [2.05, 4.69) is 25.8 Å². The maximum Gasteiger partial charge on any atom is 0.419 e. The van der Waals surface area contributed by atoms with Gasteiger partial charge in [-0.2, -0.15) is 18.3 Å². The molecule has 0 aliphatic carbocycles. The summed E-state index contributed by atoms with van der Waals surface area (Å²) >= 11 is 3.32. The zero-order valence-corrected chi connectivity index (χ0v) is 14.4. The molecule has 0 fully saturated rings. The molecule has 0 unspecified atom stereocenters. The van der Waals surface area contributed by atoms with Crippen LogP contribution >= 0.6 is 15.9 Å². The summed E-state index contributed by atoms with van der Waals surface area (Å²) in [6.07, 6.45) is -3.37. The summed E-state index contributed by atoms with van der Waals surface area (Å²) < 4.78 is 65.4. The molecule has 1 aromatic heterocycles. The number of alkyl halides is 3. The van der Waals surface area contributed by atoms with Crippen LogP contribution in [-0.2, 0) is 10.9 Å². The van der Waals surface area contributed by atoms with Gasteiger partial charge in [0.25, 0.3) is 0 Å². The summed E-state index contributed by atoms with van der Waals surface area (Å²) in [5.74, 6) is -2.06. The molecule has 0 saturated carbocycles. The summed E-state index contributed by atoms with van der Waals surface area (Å²) in [5.41, 5.74) is -0.838. The Labute approximate surface area is 148 Å². The topological polar surface area (TPSA) is 36.3 Å². The first kappa shape index (κ1) is 17.7. The average Bonchev–Trinajstić information content (AvgIpc) is 2.95. The zero-order valence-electron chi connectivity index (χ0n) is 12.8. The van der Waals surface area contributed by atoms with Crippen molar-refractivity contribution < 1.29 is 27.0 Å². The van der Waals surface area contributed by atoms with Crippen LogP contribution in [0.5, 0.6) is 5.75 Å². The fourth-order valence-electron chi connectivity index (χ4n) is 2.35. The minimum absolute atomic E-state index is 0.0251. The Morgan fingerprint density at radius 2 is 1.96 bits per heavy atom. The molecule has 132 valence electrons. The molecule has 0 spiro atoms. The lowest BCUT2D eigenvalue weighted by Crippen LogP contribution is -2.12. The highest BCUT2D eigenvalue weighted by Crippen LogP contribution is 2.37. The van der Waals surface area contributed by atoms with Crippen LogP contribution < -0.4 is 4.74 Å². The SMILES string of the molecule is COCOc1cc(-n2ncc3cc(Br)ccc32)cc(C(F)(F)F)c1F. The third-order valence-electron chi connectivity index (χ3n) is 3.44. The number of benzene rings is 2. The number of nitrogens with zero attached hydrogens (tertiary/aromatic N) is 2. The molecular formula is C16H11BrF4N2O2. The van der Waals surface area contributed by atoms with Crippen molar-refractivity contribution in [2.75, 3.05) is 13.9 Å². The molecular weight excluding hydrogens is 408 g/mol. The van der Waals surface area contributed by atoms with E-state index in [1.165, 1.54) is 18.0 Å². The molecule has 2 aromatic carbocycles. The Morgan fingerprint density at radius 1 is 1.20 bits per heavy atom. The minimum Gasteiger partial charge on any atom is -0.464 e. The normalized spacial score (nSPS) is 11.9. The van der Waals surface area contributed by atoms with E-state index >= 15 is 0 Å². The van der Waals surface area contributed by atoms with E-state index in [0.29, 0.717) is 17.0 Å². The van der Waals surface area contributed by atoms with E-state index in [-0.39, 0.29) is 12.5 Å². The highest BCUT2D eigenvalue weighted by Gasteiger charge is 2.36. The molecule has 0 atom stereocenters. The van der Waals surface area contributed by atoms with Gasteiger partial charge < -0.3 is 9.47 Å². The lowest BCUT2D eigenvalue weighted by molar-refractivity contribution is -0.140. The van der Waals surface area contributed by atoms with Crippen LogP contribution in [0.25, 0.3) is 16.6 Å². The average molecular weight is 419 g/mol. The number of methoxy groups -OCH3 is 1. The molecule has 0 bridgehead atoms. The van der Waals surface area contributed by atoms with Gasteiger partial charge in [-0.25, -0.2) is 9.07 Å².